The highest BCUT2D eigenvalue weighted by atomic mass is 31.2. The monoisotopic (exact) mass is 361 g/mol. The minimum atomic E-state index is -4.73. The Balaban J connectivity index is 1.90. The molecular weight excluding hydrogens is 345 g/mol. The van der Waals surface area contributed by atoms with E-state index in [0.717, 1.165) is 0 Å². The Bertz CT molecular complexity index is 858. The molecule has 0 unspecified atom stereocenters. The average molecular weight is 361 g/mol. The summed E-state index contributed by atoms with van der Waals surface area (Å²) in [6.45, 7) is 0.987. The fourth-order valence-corrected chi connectivity index (χ4v) is 2.97. The number of hydrogen-bond donors (Lipinski definition) is 5. The summed E-state index contributed by atoms with van der Waals surface area (Å²) < 4.78 is 21.9. The third kappa shape index (κ3) is 3.15. The number of hydrogen-bond acceptors (Lipinski definition) is 7. The van der Waals surface area contributed by atoms with Crippen LogP contribution in [0.1, 0.15) is 12.1 Å². The minimum absolute atomic E-state index is 0.254. The number of fused-ring (bicyclic) bond motifs is 1. The first-order valence-corrected chi connectivity index (χ1v) is 8.49. The Hall–Kier alpha value is -1.59. The average Bonchev–Trinajstić information content (AvgIpc) is 3.00. The lowest BCUT2D eigenvalue weighted by Gasteiger charge is -2.17. The summed E-state index contributed by atoms with van der Waals surface area (Å²) in [5.74, 6) is 0.363. The largest absolute Gasteiger partial charge is 0.469 e. The highest BCUT2D eigenvalue weighted by molar-refractivity contribution is 7.46. The van der Waals surface area contributed by atoms with Crippen LogP contribution < -0.4 is 5.56 Å². The van der Waals surface area contributed by atoms with Crippen LogP contribution in [-0.4, -0.2) is 59.5 Å². The van der Waals surface area contributed by atoms with Crippen LogP contribution in [0.4, 0.5) is 0 Å². The van der Waals surface area contributed by atoms with Gasteiger partial charge in [0.15, 0.2) is 6.23 Å². The number of nitrogens with one attached hydrogen (secondary N) is 1. The maximum absolute atomic E-state index is 11.9. The molecule has 3 heterocycles. The van der Waals surface area contributed by atoms with Gasteiger partial charge in [-0.05, 0) is 13.0 Å². The van der Waals surface area contributed by atoms with Crippen molar-refractivity contribution in [1.82, 2.24) is 14.5 Å². The third-order valence-corrected chi connectivity index (χ3v) is 4.20. The number of ether oxygens (including phenoxy) is 1. The molecule has 1 aliphatic rings. The Morgan fingerprint density at radius 2 is 2.12 bits per heavy atom. The lowest BCUT2D eigenvalue weighted by Crippen LogP contribution is -2.33. The molecule has 1 fully saturated rings. The number of aromatic nitrogens is 3. The summed E-state index contributed by atoms with van der Waals surface area (Å²) in [6.07, 6.45) is -3.59. The molecule has 2 aromatic heterocycles. The molecule has 5 N–H and O–H groups in total. The molecular formula is C12H16N3O8P. The van der Waals surface area contributed by atoms with Gasteiger partial charge in [-0.25, -0.2) is 9.55 Å². The normalized spacial score (nSPS) is 27.9. The van der Waals surface area contributed by atoms with Crippen LogP contribution in [0.25, 0.3) is 11.0 Å². The molecule has 1 saturated heterocycles. The molecule has 24 heavy (non-hydrogen) atoms. The van der Waals surface area contributed by atoms with Crippen molar-refractivity contribution >= 4 is 18.9 Å². The van der Waals surface area contributed by atoms with Gasteiger partial charge in [0.25, 0.3) is 5.56 Å². The van der Waals surface area contributed by atoms with E-state index in [-0.39, 0.29) is 16.6 Å². The van der Waals surface area contributed by atoms with Gasteiger partial charge < -0.3 is 34.3 Å². The summed E-state index contributed by atoms with van der Waals surface area (Å²) in [7, 11) is -4.73. The number of nitrogens with zero attached hydrogens (tertiary/aromatic N) is 2. The fraction of sp³-hybridized carbons (Fsp3) is 0.500. The highest BCUT2D eigenvalue weighted by Gasteiger charge is 2.45. The van der Waals surface area contributed by atoms with Crippen LogP contribution in [0.2, 0.25) is 0 Å². The number of H-pyrrole nitrogens is 1. The predicted molar refractivity (Wildman–Crippen MR) is 79.0 cm³/mol. The molecule has 0 aromatic carbocycles. The van der Waals surface area contributed by atoms with Gasteiger partial charge in [0.1, 0.15) is 29.8 Å². The van der Waals surface area contributed by atoms with E-state index in [0.29, 0.717) is 5.82 Å². The first kappa shape index (κ1) is 17.2. The first-order valence-electron chi connectivity index (χ1n) is 6.96. The van der Waals surface area contributed by atoms with Crippen molar-refractivity contribution in [2.24, 2.45) is 0 Å². The van der Waals surface area contributed by atoms with Crippen molar-refractivity contribution < 1.29 is 33.8 Å². The lowest BCUT2D eigenvalue weighted by atomic mass is 10.1. The molecule has 0 spiro atoms. The van der Waals surface area contributed by atoms with E-state index in [4.69, 9.17) is 14.5 Å². The molecule has 2 aromatic rings. The molecule has 1 aliphatic heterocycles. The number of rotatable bonds is 4. The zero-order valence-corrected chi connectivity index (χ0v) is 13.3. The van der Waals surface area contributed by atoms with Crippen LogP contribution in [0, 0.1) is 6.92 Å². The first-order chi connectivity index (χ1) is 11.2. The fourth-order valence-electron chi connectivity index (χ4n) is 2.63. The summed E-state index contributed by atoms with van der Waals surface area (Å²) >= 11 is 0. The predicted octanol–water partition coefficient (Wildman–Crippen LogP) is -1.24. The summed E-state index contributed by atoms with van der Waals surface area (Å²) in [5, 5.41) is 20.4. The maximum atomic E-state index is 11.9. The second-order valence-electron chi connectivity index (χ2n) is 5.44. The Kier molecular flexibility index (Phi) is 4.34. The third-order valence-electron chi connectivity index (χ3n) is 3.72. The number of phosphoric acid groups is 1. The zero-order chi connectivity index (χ0) is 17.6. The van der Waals surface area contributed by atoms with Gasteiger partial charge in [-0.1, -0.05) is 0 Å². The highest BCUT2D eigenvalue weighted by Crippen LogP contribution is 2.38. The smallest absolute Gasteiger partial charge is 0.387 e. The number of aryl methyl sites for hydroxylation is 1. The van der Waals surface area contributed by atoms with Crippen molar-refractivity contribution in [2.45, 2.75) is 31.5 Å². The minimum Gasteiger partial charge on any atom is -0.387 e. The van der Waals surface area contributed by atoms with Crippen molar-refractivity contribution in [3.63, 3.8) is 0 Å². The Morgan fingerprint density at radius 1 is 1.42 bits per heavy atom. The number of aromatic amines is 1. The van der Waals surface area contributed by atoms with Gasteiger partial charge in [-0.2, -0.15) is 0 Å². The SMILES string of the molecule is Cc1nc2c(ccn2[C@@H]2O[C@H](COP(=O)(O)O)[C@@H](O)[C@H]2O)c(=O)[nH]1. The number of phosphoric ester groups is 1. The van der Waals surface area contributed by atoms with Gasteiger partial charge in [-0.15, -0.1) is 0 Å². The van der Waals surface area contributed by atoms with Crippen molar-refractivity contribution in [3.05, 3.63) is 28.4 Å². The molecule has 0 saturated carbocycles. The van der Waals surface area contributed by atoms with Crippen LogP contribution in [-0.2, 0) is 13.8 Å². The van der Waals surface area contributed by atoms with E-state index in [9.17, 15) is 19.6 Å². The molecule has 3 rings (SSSR count). The second kappa shape index (κ2) is 6.05. The van der Waals surface area contributed by atoms with Crippen molar-refractivity contribution in [2.75, 3.05) is 6.61 Å². The number of aliphatic hydroxyl groups is 2. The molecule has 0 aliphatic carbocycles. The molecule has 0 bridgehead atoms. The van der Waals surface area contributed by atoms with Gasteiger partial charge in [-0.3, -0.25) is 9.32 Å². The molecule has 4 atom stereocenters. The zero-order valence-electron chi connectivity index (χ0n) is 12.4. The van der Waals surface area contributed by atoms with E-state index < -0.39 is 39.0 Å². The van der Waals surface area contributed by atoms with Gasteiger partial charge in [0, 0.05) is 6.20 Å². The molecule has 0 radical (unpaired) electrons. The quantitative estimate of drug-likeness (QED) is 0.418. The van der Waals surface area contributed by atoms with E-state index in [2.05, 4.69) is 14.5 Å². The molecule has 0 amide bonds. The van der Waals surface area contributed by atoms with Crippen LogP contribution in [0.5, 0.6) is 0 Å². The summed E-state index contributed by atoms with van der Waals surface area (Å²) in [5.41, 5.74) is -0.102. The van der Waals surface area contributed by atoms with Gasteiger partial charge in [0.2, 0.25) is 0 Å². The summed E-state index contributed by atoms with van der Waals surface area (Å²) in [4.78, 5) is 36.1. The van der Waals surface area contributed by atoms with E-state index in [1.54, 1.807) is 6.92 Å². The Labute approximate surface area is 134 Å². The maximum Gasteiger partial charge on any atom is 0.469 e. The molecule has 11 nitrogen and oxygen atoms in total. The van der Waals surface area contributed by atoms with E-state index in [1.165, 1.54) is 16.8 Å². The van der Waals surface area contributed by atoms with Crippen LogP contribution in [0.3, 0.4) is 0 Å². The van der Waals surface area contributed by atoms with E-state index in [1.807, 2.05) is 0 Å². The summed E-state index contributed by atoms with van der Waals surface area (Å²) in [6, 6.07) is 1.49. The van der Waals surface area contributed by atoms with Crippen LogP contribution in [0.15, 0.2) is 17.1 Å². The molecule has 12 heteroatoms. The van der Waals surface area contributed by atoms with E-state index >= 15 is 0 Å². The number of aliphatic hydroxyl groups excluding tert-OH is 2. The van der Waals surface area contributed by atoms with Crippen molar-refractivity contribution in [3.8, 4) is 0 Å². The Morgan fingerprint density at radius 3 is 2.79 bits per heavy atom. The van der Waals surface area contributed by atoms with Crippen LogP contribution >= 0.6 is 7.82 Å². The molecule has 132 valence electrons. The lowest BCUT2D eigenvalue weighted by molar-refractivity contribution is -0.0501. The second-order valence-corrected chi connectivity index (χ2v) is 6.68. The topological polar surface area (TPSA) is 167 Å². The standard InChI is InChI=1S/C12H16N3O8P/c1-5-13-10-6(11(18)14-5)2-3-15(10)12-9(17)8(16)7(23-12)4-22-24(19,20)21/h2-3,7-9,12,16-17H,4H2,1H3,(H,13,14,18)(H2,19,20,21)/t7-,8-,9-,12-/m1/s1. The van der Waals surface area contributed by atoms with Crippen molar-refractivity contribution in [1.29, 1.82) is 0 Å². The van der Waals surface area contributed by atoms with Gasteiger partial charge >= 0.3 is 7.82 Å². The van der Waals surface area contributed by atoms with Gasteiger partial charge in [0.05, 0.1) is 12.0 Å².